The maximum atomic E-state index is 12.0. The highest BCUT2D eigenvalue weighted by Gasteiger charge is 2.09. The molecule has 0 aliphatic heterocycles. The van der Waals surface area contributed by atoms with Crippen LogP contribution in [0.25, 0.3) is 0 Å². The Morgan fingerprint density at radius 1 is 1.65 bits per heavy atom. The summed E-state index contributed by atoms with van der Waals surface area (Å²) in [5.74, 6) is 0.517. The number of hydrogen-bond acceptors (Lipinski definition) is 4. The van der Waals surface area contributed by atoms with Crippen molar-refractivity contribution in [3.63, 3.8) is 0 Å². The molecule has 0 radical (unpaired) electrons. The molecule has 0 unspecified atom stereocenters. The summed E-state index contributed by atoms with van der Waals surface area (Å²) in [5.41, 5.74) is 5.19. The zero-order valence-electron chi connectivity index (χ0n) is 10.3. The van der Waals surface area contributed by atoms with Crippen molar-refractivity contribution in [1.29, 1.82) is 5.41 Å². The Balaban J connectivity index is 2.86. The summed E-state index contributed by atoms with van der Waals surface area (Å²) < 4.78 is 1.65. The molecule has 0 fully saturated rings. The molecule has 0 aromatic carbocycles. The molecule has 0 spiro atoms. The maximum Gasteiger partial charge on any atom is 0.293 e. The second-order valence-electron chi connectivity index (χ2n) is 3.95. The predicted molar refractivity (Wildman–Crippen MR) is 68.6 cm³/mol. The van der Waals surface area contributed by atoms with E-state index in [2.05, 4.69) is 4.98 Å². The van der Waals surface area contributed by atoms with Crippen molar-refractivity contribution >= 4 is 11.7 Å². The monoisotopic (exact) mass is 237 g/mol. The molecule has 0 aliphatic carbocycles. The third kappa shape index (κ3) is 3.58. The van der Waals surface area contributed by atoms with Gasteiger partial charge >= 0.3 is 0 Å². The van der Waals surface area contributed by atoms with Gasteiger partial charge in [-0.05, 0) is 6.42 Å². The van der Waals surface area contributed by atoms with Crippen LogP contribution >= 0.6 is 0 Å². The van der Waals surface area contributed by atoms with Gasteiger partial charge in [0.15, 0.2) is 5.82 Å². The van der Waals surface area contributed by atoms with E-state index in [4.69, 9.17) is 11.1 Å². The summed E-state index contributed by atoms with van der Waals surface area (Å²) in [6, 6.07) is 0. The van der Waals surface area contributed by atoms with E-state index in [0.717, 1.165) is 6.42 Å². The maximum absolute atomic E-state index is 12.0. The van der Waals surface area contributed by atoms with Crippen molar-refractivity contribution in [1.82, 2.24) is 9.55 Å². The lowest BCUT2D eigenvalue weighted by atomic mass is 10.3. The van der Waals surface area contributed by atoms with Crippen molar-refractivity contribution in [2.45, 2.75) is 26.3 Å². The molecule has 6 heteroatoms. The van der Waals surface area contributed by atoms with E-state index in [1.54, 1.807) is 28.9 Å². The van der Waals surface area contributed by atoms with E-state index in [9.17, 15) is 4.79 Å². The van der Waals surface area contributed by atoms with E-state index < -0.39 is 0 Å². The van der Waals surface area contributed by atoms with Crippen LogP contribution in [0.15, 0.2) is 17.2 Å². The quantitative estimate of drug-likeness (QED) is 0.554. The average molecular weight is 237 g/mol. The minimum Gasteiger partial charge on any atom is -0.388 e. The van der Waals surface area contributed by atoms with Crippen LogP contribution in [0, 0.1) is 5.41 Å². The van der Waals surface area contributed by atoms with Gasteiger partial charge in [-0.1, -0.05) is 6.92 Å². The first-order valence-corrected chi connectivity index (χ1v) is 5.65. The summed E-state index contributed by atoms with van der Waals surface area (Å²) in [7, 11) is 1.78. The molecular weight excluding hydrogens is 218 g/mol. The van der Waals surface area contributed by atoms with Crippen LogP contribution in [0.1, 0.15) is 19.8 Å². The van der Waals surface area contributed by atoms with Gasteiger partial charge in [-0.2, -0.15) is 0 Å². The van der Waals surface area contributed by atoms with Crippen molar-refractivity contribution < 1.29 is 0 Å². The molecule has 0 aliphatic rings. The van der Waals surface area contributed by atoms with E-state index in [1.807, 2.05) is 6.92 Å². The van der Waals surface area contributed by atoms with Crippen LogP contribution < -0.4 is 16.2 Å². The predicted octanol–water partition coefficient (Wildman–Crippen LogP) is 0.416. The zero-order valence-corrected chi connectivity index (χ0v) is 10.3. The molecule has 0 bridgehead atoms. The molecule has 3 N–H and O–H groups in total. The summed E-state index contributed by atoms with van der Waals surface area (Å²) in [4.78, 5) is 17.8. The number of rotatable bonds is 6. The average Bonchev–Trinajstić information content (AvgIpc) is 2.29. The molecule has 1 rings (SSSR count). The van der Waals surface area contributed by atoms with E-state index in [-0.39, 0.29) is 11.4 Å². The number of aromatic nitrogens is 2. The first kappa shape index (κ1) is 13.2. The van der Waals surface area contributed by atoms with E-state index in [0.29, 0.717) is 25.3 Å². The number of hydrogen-bond donors (Lipinski definition) is 2. The van der Waals surface area contributed by atoms with Crippen LogP contribution in [-0.2, 0) is 6.54 Å². The van der Waals surface area contributed by atoms with Crippen LogP contribution in [0.5, 0.6) is 0 Å². The van der Waals surface area contributed by atoms with Gasteiger partial charge in [0.1, 0.15) is 0 Å². The number of nitrogens with zero attached hydrogens (tertiary/aromatic N) is 3. The van der Waals surface area contributed by atoms with Gasteiger partial charge in [0.2, 0.25) is 0 Å². The molecule has 0 saturated heterocycles. The highest BCUT2D eigenvalue weighted by Crippen LogP contribution is 2.01. The smallest absolute Gasteiger partial charge is 0.293 e. The first-order valence-electron chi connectivity index (χ1n) is 5.65. The van der Waals surface area contributed by atoms with E-state index in [1.165, 1.54) is 0 Å². The molecule has 94 valence electrons. The Hall–Kier alpha value is -1.85. The third-order valence-corrected chi connectivity index (χ3v) is 2.44. The highest BCUT2D eigenvalue weighted by molar-refractivity contribution is 5.77. The van der Waals surface area contributed by atoms with Crippen LogP contribution in [-0.4, -0.2) is 29.0 Å². The number of amidine groups is 1. The molecular formula is C11H19N5O. The summed E-state index contributed by atoms with van der Waals surface area (Å²) >= 11 is 0. The number of nitrogens with two attached hydrogens (primary N) is 1. The Morgan fingerprint density at radius 2 is 2.35 bits per heavy atom. The first-order chi connectivity index (χ1) is 8.06. The van der Waals surface area contributed by atoms with Gasteiger partial charge in [-0.25, -0.2) is 4.98 Å². The number of nitrogens with one attached hydrogen (secondary N) is 1. The lowest BCUT2D eigenvalue weighted by Crippen LogP contribution is -2.32. The SMILES string of the molecule is CCCn1ccnc(N(C)CCC(=N)N)c1=O. The molecule has 1 heterocycles. The topological polar surface area (TPSA) is 88.0 Å². The normalized spacial score (nSPS) is 10.2. The van der Waals surface area contributed by atoms with Gasteiger partial charge in [-0.3, -0.25) is 10.2 Å². The van der Waals surface area contributed by atoms with Crippen molar-refractivity contribution in [3.8, 4) is 0 Å². The van der Waals surface area contributed by atoms with E-state index >= 15 is 0 Å². The van der Waals surface area contributed by atoms with Crippen LogP contribution in [0.2, 0.25) is 0 Å². The molecule has 0 saturated carbocycles. The van der Waals surface area contributed by atoms with Gasteiger partial charge in [0.25, 0.3) is 5.56 Å². The standard InChI is InChI=1S/C11H19N5O/c1-3-6-16-8-5-14-10(11(16)17)15(2)7-4-9(12)13/h5,8H,3-4,6-7H2,1-2H3,(H3,12,13). The van der Waals surface area contributed by atoms with Gasteiger partial charge in [-0.15, -0.1) is 0 Å². The summed E-state index contributed by atoms with van der Waals surface area (Å²) in [6.07, 6.45) is 4.64. The lowest BCUT2D eigenvalue weighted by Gasteiger charge is -2.17. The third-order valence-electron chi connectivity index (χ3n) is 2.44. The minimum absolute atomic E-state index is 0.0968. The molecule has 17 heavy (non-hydrogen) atoms. The molecule has 6 nitrogen and oxygen atoms in total. The fourth-order valence-electron chi connectivity index (χ4n) is 1.51. The fraction of sp³-hybridized carbons (Fsp3) is 0.545. The lowest BCUT2D eigenvalue weighted by molar-refractivity contribution is 0.645. The second kappa shape index (κ2) is 6.03. The largest absolute Gasteiger partial charge is 0.388 e. The summed E-state index contributed by atoms with van der Waals surface area (Å²) in [6.45, 7) is 3.23. The Morgan fingerprint density at radius 3 is 2.94 bits per heavy atom. The molecule has 0 atom stereocenters. The minimum atomic E-state index is -0.0968. The Bertz CT molecular complexity index is 440. The van der Waals surface area contributed by atoms with Gasteiger partial charge < -0.3 is 15.2 Å². The second-order valence-corrected chi connectivity index (χ2v) is 3.95. The molecule has 1 aromatic heterocycles. The Kier molecular flexibility index (Phi) is 4.68. The Labute approximate surface area is 101 Å². The fourth-order valence-corrected chi connectivity index (χ4v) is 1.51. The molecule has 1 aromatic rings. The zero-order chi connectivity index (χ0) is 12.8. The van der Waals surface area contributed by atoms with Crippen LogP contribution in [0.4, 0.5) is 5.82 Å². The highest BCUT2D eigenvalue weighted by atomic mass is 16.1. The number of anilines is 1. The summed E-state index contributed by atoms with van der Waals surface area (Å²) in [5, 5.41) is 7.16. The van der Waals surface area contributed by atoms with Gasteiger partial charge in [0.05, 0.1) is 5.84 Å². The van der Waals surface area contributed by atoms with Crippen molar-refractivity contribution in [3.05, 3.63) is 22.7 Å². The van der Waals surface area contributed by atoms with Crippen molar-refractivity contribution in [2.75, 3.05) is 18.5 Å². The number of aryl methyl sites for hydroxylation is 1. The van der Waals surface area contributed by atoms with Crippen LogP contribution in [0.3, 0.4) is 0 Å². The van der Waals surface area contributed by atoms with Crippen molar-refractivity contribution in [2.24, 2.45) is 5.73 Å². The molecule has 0 amide bonds. The van der Waals surface area contributed by atoms with Gasteiger partial charge in [0, 0.05) is 39.0 Å².